The van der Waals surface area contributed by atoms with E-state index in [2.05, 4.69) is 111 Å². The number of allylic oxidation sites excluding steroid dienone is 15. The topological polar surface area (TPSA) is 114 Å². The number of amides is 1. The molecule has 0 radical (unpaired) electrons. The maximum absolute atomic E-state index is 13.5. The number of phosphoric ester groups is 1. The second-order valence-corrected chi connectivity index (χ2v) is 23.6. The van der Waals surface area contributed by atoms with E-state index in [-0.39, 0.29) is 24.9 Å². The largest absolute Gasteiger partial charge is 0.756 e. The lowest BCUT2D eigenvalue weighted by molar-refractivity contribution is -0.870. The standard InChI is InChI=1S/C67H119N2O7P/c1-7-10-13-16-19-22-25-28-29-30-31-32-33-34-35-36-37-38-39-42-44-47-50-53-56-59-66(70)68-64(63-75-77(72,73)74-62-61-69(4,5)6)65(58-55-52-49-46-43-40-26-23-20-17-14-11-8-2)76-67(71)60-57-54-51-48-45-41-27-24-21-18-15-12-9-3/h12,15,18-19,21-22,24,27-29,31-32,34-35,55,58,64-65H,7-11,13-14,16-17,20,23,25-26,30,33,36-54,56-57,59-63H2,1-6H3,(H-,68,70,72,73)/b15-12+,21-18+,22-19-,27-24-,29-28-,32-31-,35-34-,58-55-. The summed E-state index contributed by atoms with van der Waals surface area (Å²) in [5.74, 6) is -0.574. The van der Waals surface area contributed by atoms with E-state index in [1.54, 1.807) is 0 Å². The SMILES string of the molecule is CC/C=C/C=C/C=C\CCCCCCCC(=O)OC(/C=C\CCCCCCCCCCCCC)C(COP(=O)([O-])OCC[N+](C)(C)C)NC(=O)CCCCCCCCCCC/C=C\C/C=C\C/C=C\C/C=C\CCCCC. The molecule has 0 aromatic rings. The Morgan fingerprint density at radius 3 is 1.38 bits per heavy atom. The van der Waals surface area contributed by atoms with Crippen molar-refractivity contribution in [3.05, 3.63) is 97.2 Å². The molecule has 3 atom stereocenters. The summed E-state index contributed by atoms with van der Waals surface area (Å²) in [7, 11) is 1.16. The van der Waals surface area contributed by atoms with Gasteiger partial charge in [0.15, 0.2) is 0 Å². The van der Waals surface area contributed by atoms with Crippen molar-refractivity contribution in [1.29, 1.82) is 0 Å². The van der Waals surface area contributed by atoms with Gasteiger partial charge < -0.3 is 28.5 Å². The number of hydrogen-bond donors (Lipinski definition) is 1. The average molecular weight is 1100 g/mol. The number of carbonyl (C=O) groups excluding carboxylic acids is 2. The Bertz CT molecular complexity index is 1640. The summed E-state index contributed by atoms with van der Waals surface area (Å²) in [6.45, 7) is 6.66. The van der Waals surface area contributed by atoms with Crippen LogP contribution in [0.5, 0.6) is 0 Å². The maximum Gasteiger partial charge on any atom is 0.306 e. The maximum atomic E-state index is 13.5. The Morgan fingerprint density at radius 2 is 0.883 bits per heavy atom. The first-order chi connectivity index (χ1) is 37.4. The molecule has 1 N–H and O–H groups in total. The van der Waals surface area contributed by atoms with Crippen molar-refractivity contribution in [1.82, 2.24) is 5.32 Å². The number of rotatable bonds is 56. The molecule has 9 nitrogen and oxygen atoms in total. The highest BCUT2D eigenvalue weighted by atomic mass is 31.2. The monoisotopic (exact) mass is 1090 g/mol. The third kappa shape index (κ3) is 57.4. The van der Waals surface area contributed by atoms with Crippen molar-refractivity contribution < 1.29 is 37.3 Å². The van der Waals surface area contributed by atoms with Gasteiger partial charge in [-0.1, -0.05) is 253 Å². The van der Waals surface area contributed by atoms with Crippen LogP contribution in [0.1, 0.15) is 265 Å². The van der Waals surface area contributed by atoms with Gasteiger partial charge in [-0.2, -0.15) is 0 Å². The summed E-state index contributed by atoms with van der Waals surface area (Å²) < 4.78 is 30.3. The molecular formula is C67H119N2O7P. The van der Waals surface area contributed by atoms with Gasteiger partial charge in [-0.15, -0.1) is 0 Å². The molecule has 1 amide bonds. The Labute approximate surface area is 475 Å². The van der Waals surface area contributed by atoms with Gasteiger partial charge in [0, 0.05) is 12.8 Å². The number of esters is 1. The van der Waals surface area contributed by atoms with Crippen LogP contribution < -0.4 is 10.2 Å². The first kappa shape index (κ1) is 73.9. The van der Waals surface area contributed by atoms with Gasteiger partial charge in [0.1, 0.15) is 19.3 Å². The Morgan fingerprint density at radius 1 is 0.481 bits per heavy atom. The Hall–Kier alpha value is -3.07. The summed E-state index contributed by atoms with van der Waals surface area (Å²) in [6, 6.07) is -0.905. The van der Waals surface area contributed by atoms with Gasteiger partial charge >= 0.3 is 5.97 Å². The van der Waals surface area contributed by atoms with Gasteiger partial charge in [0.2, 0.25) is 5.91 Å². The lowest BCUT2D eigenvalue weighted by Gasteiger charge is -2.30. The predicted molar refractivity (Wildman–Crippen MR) is 330 cm³/mol. The Kier molecular flexibility index (Phi) is 54.0. The minimum absolute atomic E-state index is 0.0314. The fourth-order valence-corrected chi connectivity index (χ4v) is 9.40. The number of hydrogen-bond acceptors (Lipinski definition) is 7. The fraction of sp³-hybridized carbons (Fsp3) is 0.731. The first-order valence-electron chi connectivity index (χ1n) is 31.6. The molecule has 10 heteroatoms. The van der Waals surface area contributed by atoms with Gasteiger partial charge in [0.05, 0.1) is 33.8 Å². The highest BCUT2D eigenvalue weighted by molar-refractivity contribution is 7.45. The number of unbranched alkanes of at least 4 members (excludes halogenated alkanes) is 28. The number of quaternary nitrogens is 1. The number of phosphoric acid groups is 1. The smallest absolute Gasteiger partial charge is 0.306 e. The van der Waals surface area contributed by atoms with E-state index in [4.69, 9.17) is 13.8 Å². The molecule has 0 bridgehead atoms. The van der Waals surface area contributed by atoms with Gasteiger partial charge in [-0.05, 0) is 96.0 Å². The molecule has 0 aliphatic heterocycles. The molecule has 444 valence electrons. The van der Waals surface area contributed by atoms with Crippen molar-refractivity contribution in [2.24, 2.45) is 0 Å². The quantitative estimate of drug-likeness (QED) is 0.0161. The third-order valence-corrected chi connectivity index (χ3v) is 14.5. The lowest BCUT2D eigenvalue weighted by atomic mass is 10.0. The minimum Gasteiger partial charge on any atom is -0.756 e. The zero-order valence-electron chi connectivity index (χ0n) is 50.6. The van der Waals surface area contributed by atoms with E-state index in [9.17, 15) is 19.0 Å². The minimum atomic E-state index is -4.71. The number of likely N-dealkylation sites (N-methyl/N-ethyl adjacent to an activating group) is 1. The second kappa shape index (κ2) is 56.2. The Balaban J connectivity index is 5.19. The van der Waals surface area contributed by atoms with Crippen LogP contribution in [0, 0.1) is 0 Å². The molecular weight excluding hydrogens is 976 g/mol. The van der Waals surface area contributed by atoms with E-state index >= 15 is 0 Å². The first-order valence-corrected chi connectivity index (χ1v) is 33.0. The van der Waals surface area contributed by atoms with E-state index in [1.165, 1.54) is 116 Å². The molecule has 0 saturated carbocycles. The fourth-order valence-electron chi connectivity index (χ4n) is 8.68. The molecule has 0 aliphatic rings. The van der Waals surface area contributed by atoms with Crippen LogP contribution in [-0.2, 0) is 27.9 Å². The molecule has 0 aromatic carbocycles. The van der Waals surface area contributed by atoms with Crippen molar-refractivity contribution in [3.8, 4) is 0 Å². The highest BCUT2D eigenvalue weighted by Crippen LogP contribution is 2.38. The molecule has 0 heterocycles. The van der Waals surface area contributed by atoms with Crippen molar-refractivity contribution >= 4 is 19.7 Å². The van der Waals surface area contributed by atoms with E-state index in [0.717, 1.165) is 109 Å². The lowest BCUT2D eigenvalue weighted by Crippen LogP contribution is -2.47. The molecule has 0 aromatic heterocycles. The summed E-state index contributed by atoms with van der Waals surface area (Å²) in [5.41, 5.74) is 0. The van der Waals surface area contributed by atoms with Crippen molar-refractivity contribution in [2.45, 2.75) is 277 Å². The van der Waals surface area contributed by atoms with Crippen LogP contribution in [-0.4, -0.2) is 69.4 Å². The van der Waals surface area contributed by atoms with Crippen molar-refractivity contribution in [2.75, 3.05) is 40.9 Å². The third-order valence-electron chi connectivity index (χ3n) is 13.6. The number of carbonyl (C=O) groups is 2. The van der Waals surface area contributed by atoms with E-state index in [0.29, 0.717) is 23.9 Å². The summed E-state index contributed by atoms with van der Waals surface area (Å²) in [6.07, 6.45) is 75.2. The summed E-state index contributed by atoms with van der Waals surface area (Å²) >= 11 is 0. The summed E-state index contributed by atoms with van der Waals surface area (Å²) in [5, 5.41) is 3.02. The zero-order chi connectivity index (χ0) is 56.4. The van der Waals surface area contributed by atoms with Gasteiger partial charge in [-0.25, -0.2) is 0 Å². The van der Waals surface area contributed by atoms with Crippen LogP contribution in [0.4, 0.5) is 0 Å². The van der Waals surface area contributed by atoms with E-state index in [1.807, 2.05) is 33.3 Å². The van der Waals surface area contributed by atoms with E-state index < -0.39 is 26.6 Å². The van der Waals surface area contributed by atoms with Crippen LogP contribution in [0.3, 0.4) is 0 Å². The van der Waals surface area contributed by atoms with Crippen LogP contribution in [0.15, 0.2) is 97.2 Å². The van der Waals surface area contributed by atoms with Crippen LogP contribution >= 0.6 is 7.82 Å². The number of ether oxygens (including phenoxy) is 1. The second-order valence-electron chi connectivity index (χ2n) is 22.2. The molecule has 0 saturated heterocycles. The molecule has 0 rings (SSSR count). The molecule has 0 aliphatic carbocycles. The zero-order valence-corrected chi connectivity index (χ0v) is 51.5. The predicted octanol–water partition coefficient (Wildman–Crippen LogP) is 18.9. The molecule has 0 spiro atoms. The van der Waals surface area contributed by atoms with Crippen LogP contribution in [0.25, 0.3) is 0 Å². The van der Waals surface area contributed by atoms with Gasteiger partial charge in [0.25, 0.3) is 7.82 Å². The average Bonchev–Trinajstić information content (AvgIpc) is 3.39. The molecule has 77 heavy (non-hydrogen) atoms. The summed E-state index contributed by atoms with van der Waals surface area (Å²) in [4.78, 5) is 40.0. The van der Waals surface area contributed by atoms with Crippen LogP contribution in [0.2, 0.25) is 0 Å². The number of nitrogens with zero attached hydrogens (tertiary/aromatic N) is 1. The highest BCUT2D eigenvalue weighted by Gasteiger charge is 2.27. The van der Waals surface area contributed by atoms with Crippen molar-refractivity contribution in [3.63, 3.8) is 0 Å². The number of nitrogens with one attached hydrogen (secondary N) is 1. The van der Waals surface area contributed by atoms with Gasteiger partial charge in [-0.3, -0.25) is 14.2 Å². The molecule has 3 unspecified atom stereocenters. The normalized spacial score (nSPS) is 14.3. The molecule has 0 fully saturated rings.